The van der Waals surface area contributed by atoms with Crippen LogP contribution < -0.4 is 9.47 Å². The second-order valence-electron chi connectivity index (χ2n) is 6.19. The molecule has 0 spiro atoms. The molecule has 0 fully saturated rings. The van der Waals surface area contributed by atoms with Crippen LogP contribution in [0.5, 0.6) is 11.5 Å². The van der Waals surface area contributed by atoms with Crippen LogP contribution in [0.2, 0.25) is 0 Å². The van der Waals surface area contributed by atoms with Gasteiger partial charge in [-0.1, -0.05) is 23.4 Å². The van der Waals surface area contributed by atoms with Gasteiger partial charge in [-0.15, -0.1) is 0 Å². The Kier molecular flexibility index (Phi) is 6.24. The lowest BCUT2D eigenvalue weighted by atomic mass is 10.1. The van der Waals surface area contributed by atoms with Crippen molar-refractivity contribution >= 4 is 5.97 Å². The lowest BCUT2D eigenvalue weighted by Gasteiger charge is -2.10. The SMILES string of the molecule is COc1cc(C)ccc1OCC(=O)OCc1nc(-c2cccc(C(F)(F)F)c2)no1. The first kappa shape index (κ1) is 21.2. The van der Waals surface area contributed by atoms with Gasteiger partial charge in [0.05, 0.1) is 12.7 Å². The van der Waals surface area contributed by atoms with E-state index in [1.165, 1.54) is 19.2 Å². The molecule has 3 aromatic rings. The van der Waals surface area contributed by atoms with Crippen molar-refractivity contribution in [2.75, 3.05) is 13.7 Å². The smallest absolute Gasteiger partial charge is 0.416 e. The van der Waals surface area contributed by atoms with E-state index in [-0.39, 0.29) is 30.5 Å². The highest BCUT2D eigenvalue weighted by Gasteiger charge is 2.30. The van der Waals surface area contributed by atoms with Crippen LogP contribution in [0.25, 0.3) is 11.4 Å². The van der Waals surface area contributed by atoms with Gasteiger partial charge in [0.1, 0.15) is 0 Å². The maximum Gasteiger partial charge on any atom is 0.416 e. The van der Waals surface area contributed by atoms with Crippen LogP contribution in [0.4, 0.5) is 13.2 Å². The predicted molar refractivity (Wildman–Crippen MR) is 97.8 cm³/mol. The Morgan fingerprint density at radius 1 is 1.13 bits per heavy atom. The number of nitrogens with zero attached hydrogens (tertiary/aromatic N) is 2. The number of esters is 1. The number of rotatable bonds is 7. The highest BCUT2D eigenvalue weighted by molar-refractivity contribution is 5.71. The molecular formula is C20H17F3N2O5. The van der Waals surface area contributed by atoms with Gasteiger partial charge in [-0.25, -0.2) is 4.79 Å². The minimum Gasteiger partial charge on any atom is -0.493 e. The molecule has 7 nitrogen and oxygen atoms in total. The molecular weight excluding hydrogens is 405 g/mol. The fourth-order valence-electron chi connectivity index (χ4n) is 2.48. The molecule has 0 bridgehead atoms. The highest BCUT2D eigenvalue weighted by Crippen LogP contribution is 2.31. The normalized spacial score (nSPS) is 11.2. The average molecular weight is 422 g/mol. The number of benzene rings is 2. The minimum atomic E-state index is -4.49. The fourth-order valence-corrected chi connectivity index (χ4v) is 2.48. The first-order valence-electron chi connectivity index (χ1n) is 8.69. The van der Waals surface area contributed by atoms with Crippen LogP contribution >= 0.6 is 0 Å². The third kappa shape index (κ3) is 5.28. The van der Waals surface area contributed by atoms with Gasteiger partial charge in [-0.3, -0.25) is 0 Å². The zero-order chi connectivity index (χ0) is 21.7. The van der Waals surface area contributed by atoms with Crippen molar-refractivity contribution in [1.82, 2.24) is 10.1 Å². The minimum absolute atomic E-state index is 0.0483. The second-order valence-corrected chi connectivity index (χ2v) is 6.19. The summed E-state index contributed by atoms with van der Waals surface area (Å²) in [5.41, 5.74) is 0.261. The summed E-state index contributed by atoms with van der Waals surface area (Å²) >= 11 is 0. The van der Waals surface area contributed by atoms with Crippen LogP contribution in [0.3, 0.4) is 0 Å². The molecule has 0 amide bonds. The molecule has 0 radical (unpaired) electrons. The van der Waals surface area contributed by atoms with Gasteiger partial charge in [-0.2, -0.15) is 18.2 Å². The van der Waals surface area contributed by atoms with E-state index in [9.17, 15) is 18.0 Å². The average Bonchev–Trinajstić information content (AvgIpc) is 3.20. The highest BCUT2D eigenvalue weighted by atomic mass is 19.4. The number of halogens is 3. The molecule has 0 unspecified atom stereocenters. The largest absolute Gasteiger partial charge is 0.493 e. The van der Waals surface area contributed by atoms with E-state index in [1.807, 2.05) is 6.92 Å². The molecule has 1 aromatic heterocycles. The Labute approximate surface area is 169 Å². The van der Waals surface area contributed by atoms with Crippen molar-refractivity contribution < 1.29 is 36.7 Å². The zero-order valence-electron chi connectivity index (χ0n) is 16.0. The van der Waals surface area contributed by atoms with Crippen molar-refractivity contribution in [2.24, 2.45) is 0 Å². The summed E-state index contributed by atoms with van der Waals surface area (Å²) in [5, 5.41) is 3.62. The topological polar surface area (TPSA) is 83.7 Å². The summed E-state index contributed by atoms with van der Waals surface area (Å²) < 4.78 is 58.9. The van der Waals surface area contributed by atoms with Gasteiger partial charge in [0.25, 0.3) is 5.89 Å². The number of hydrogen-bond donors (Lipinski definition) is 0. The molecule has 10 heteroatoms. The summed E-state index contributed by atoms with van der Waals surface area (Å²) in [6, 6.07) is 9.73. The number of aryl methyl sites for hydroxylation is 1. The summed E-state index contributed by atoms with van der Waals surface area (Å²) in [6.45, 7) is 1.16. The summed E-state index contributed by atoms with van der Waals surface area (Å²) in [4.78, 5) is 15.8. The Morgan fingerprint density at radius 3 is 2.67 bits per heavy atom. The lowest BCUT2D eigenvalue weighted by molar-refractivity contribution is -0.148. The van der Waals surface area contributed by atoms with Crippen molar-refractivity contribution in [3.8, 4) is 22.9 Å². The number of ether oxygens (including phenoxy) is 3. The van der Waals surface area contributed by atoms with Crippen molar-refractivity contribution in [2.45, 2.75) is 19.7 Å². The molecule has 30 heavy (non-hydrogen) atoms. The van der Waals surface area contributed by atoms with Gasteiger partial charge in [-0.05, 0) is 36.8 Å². The van der Waals surface area contributed by atoms with E-state index in [0.717, 1.165) is 17.7 Å². The van der Waals surface area contributed by atoms with E-state index in [0.29, 0.717) is 11.5 Å². The number of aromatic nitrogens is 2. The Hall–Kier alpha value is -3.56. The lowest BCUT2D eigenvalue weighted by Crippen LogP contribution is -2.15. The maximum absolute atomic E-state index is 12.8. The number of hydrogen-bond acceptors (Lipinski definition) is 7. The van der Waals surface area contributed by atoms with Crippen molar-refractivity contribution in [3.05, 3.63) is 59.5 Å². The first-order valence-corrected chi connectivity index (χ1v) is 8.69. The van der Waals surface area contributed by atoms with Gasteiger partial charge in [0.15, 0.2) is 24.7 Å². The van der Waals surface area contributed by atoms with Crippen molar-refractivity contribution in [3.63, 3.8) is 0 Å². The third-order valence-electron chi connectivity index (χ3n) is 3.94. The number of alkyl halides is 3. The van der Waals surface area contributed by atoms with Crippen LogP contribution in [0, 0.1) is 6.92 Å². The number of carbonyl (C=O) groups excluding carboxylic acids is 1. The summed E-state index contributed by atoms with van der Waals surface area (Å²) in [5.74, 6) is 0.0445. The molecule has 3 rings (SSSR count). The molecule has 0 saturated carbocycles. The third-order valence-corrected chi connectivity index (χ3v) is 3.94. The zero-order valence-corrected chi connectivity index (χ0v) is 16.0. The molecule has 0 aliphatic rings. The summed E-state index contributed by atoms with van der Waals surface area (Å²) in [6.07, 6.45) is -4.49. The maximum atomic E-state index is 12.8. The molecule has 2 aromatic carbocycles. The van der Waals surface area contributed by atoms with Crippen LogP contribution in [0.15, 0.2) is 47.0 Å². The van der Waals surface area contributed by atoms with Crippen LogP contribution in [-0.2, 0) is 22.3 Å². The summed E-state index contributed by atoms with van der Waals surface area (Å²) in [7, 11) is 1.48. The van der Waals surface area contributed by atoms with E-state index in [4.69, 9.17) is 18.7 Å². The van der Waals surface area contributed by atoms with Gasteiger partial charge in [0.2, 0.25) is 5.82 Å². The Bertz CT molecular complexity index is 1030. The molecule has 0 atom stereocenters. The van der Waals surface area contributed by atoms with E-state index in [2.05, 4.69) is 10.1 Å². The van der Waals surface area contributed by atoms with E-state index >= 15 is 0 Å². The van der Waals surface area contributed by atoms with Gasteiger partial charge < -0.3 is 18.7 Å². The standard InChI is InChI=1S/C20H17F3N2O5/c1-12-6-7-15(16(8-12)27-2)28-11-18(26)29-10-17-24-19(25-30-17)13-4-3-5-14(9-13)20(21,22)23/h3-9H,10-11H2,1-2H3. The van der Waals surface area contributed by atoms with E-state index in [1.54, 1.807) is 18.2 Å². The fraction of sp³-hybridized carbons (Fsp3) is 0.250. The van der Waals surface area contributed by atoms with E-state index < -0.39 is 17.7 Å². The predicted octanol–water partition coefficient (Wildman–Crippen LogP) is 4.19. The monoisotopic (exact) mass is 422 g/mol. The molecule has 0 aliphatic heterocycles. The molecule has 158 valence electrons. The van der Waals surface area contributed by atoms with Crippen LogP contribution in [0.1, 0.15) is 17.0 Å². The Morgan fingerprint density at radius 2 is 1.93 bits per heavy atom. The van der Waals surface area contributed by atoms with Gasteiger partial charge in [0, 0.05) is 5.56 Å². The molecule has 0 saturated heterocycles. The quantitative estimate of drug-likeness (QED) is 0.528. The second kappa shape index (κ2) is 8.85. The Balaban J connectivity index is 1.56. The molecule has 1 heterocycles. The first-order chi connectivity index (χ1) is 14.3. The molecule has 0 aliphatic carbocycles. The van der Waals surface area contributed by atoms with Crippen LogP contribution in [-0.4, -0.2) is 29.8 Å². The number of carbonyl (C=O) groups is 1. The molecule has 0 N–H and O–H groups in total. The number of methoxy groups -OCH3 is 1. The van der Waals surface area contributed by atoms with Crippen molar-refractivity contribution in [1.29, 1.82) is 0 Å². The van der Waals surface area contributed by atoms with Gasteiger partial charge >= 0.3 is 12.1 Å².